The number of aliphatic hydroxyl groups is 1. The van der Waals surface area contributed by atoms with E-state index in [0.717, 1.165) is 4.90 Å². The lowest BCUT2D eigenvalue weighted by Crippen LogP contribution is -2.30. The number of H-pyrrole nitrogens is 1. The number of Topliss-reactive ketones (excluding diaryl/α,β-unsaturated/α-hetero) is 1. The zero-order chi connectivity index (χ0) is 24.9. The van der Waals surface area contributed by atoms with Gasteiger partial charge in [0.05, 0.1) is 47.7 Å². The van der Waals surface area contributed by atoms with Gasteiger partial charge < -0.3 is 24.0 Å². The first-order valence-electron chi connectivity index (χ1n) is 10.3. The van der Waals surface area contributed by atoms with E-state index >= 15 is 0 Å². The van der Waals surface area contributed by atoms with Crippen LogP contribution in [0.5, 0.6) is 11.5 Å². The third-order valence-electron chi connectivity index (χ3n) is 5.66. The molecule has 35 heavy (non-hydrogen) atoms. The van der Waals surface area contributed by atoms with Crippen molar-refractivity contribution >= 4 is 57.6 Å². The van der Waals surface area contributed by atoms with E-state index in [9.17, 15) is 14.7 Å². The number of nitrogens with one attached hydrogen (secondary N) is 1. The van der Waals surface area contributed by atoms with E-state index in [-0.39, 0.29) is 44.4 Å². The van der Waals surface area contributed by atoms with Crippen LogP contribution in [-0.2, 0) is 9.59 Å². The molecule has 9 nitrogen and oxygen atoms in total. The predicted molar refractivity (Wildman–Crippen MR) is 129 cm³/mol. The Morgan fingerprint density at radius 1 is 1.11 bits per heavy atom. The summed E-state index contributed by atoms with van der Waals surface area (Å²) in [5.41, 5.74) is 1.01. The molecule has 1 saturated heterocycles. The fourth-order valence-electron chi connectivity index (χ4n) is 4.11. The number of aliphatic hydroxyl groups excluding tert-OH is 1. The number of anilines is 1. The Kier molecular flexibility index (Phi) is 5.66. The van der Waals surface area contributed by atoms with E-state index < -0.39 is 23.5 Å². The van der Waals surface area contributed by atoms with Crippen LogP contribution in [0.1, 0.15) is 17.4 Å². The summed E-state index contributed by atoms with van der Waals surface area (Å²) in [6, 6.07) is 10.6. The number of carbonyl (C=O) groups is 2. The number of fused-ring (bicyclic) bond motifs is 1. The van der Waals surface area contributed by atoms with Crippen molar-refractivity contribution in [3.05, 3.63) is 75.7 Å². The van der Waals surface area contributed by atoms with Crippen LogP contribution in [0.3, 0.4) is 0 Å². The van der Waals surface area contributed by atoms with Crippen molar-refractivity contribution in [1.82, 2.24) is 9.97 Å². The van der Waals surface area contributed by atoms with Crippen LogP contribution in [0.2, 0.25) is 10.0 Å². The third kappa shape index (κ3) is 3.51. The molecule has 2 aromatic carbocycles. The highest BCUT2D eigenvalue weighted by atomic mass is 35.5. The van der Waals surface area contributed by atoms with Gasteiger partial charge in [-0.2, -0.15) is 0 Å². The Hall–Kier alpha value is -3.95. The first kappa shape index (κ1) is 22.8. The van der Waals surface area contributed by atoms with E-state index in [0.29, 0.717) is 11.0 Å². The van der Waals surface area contributed by atoms with Gasteiger partial charge in [0.2, 0.25) is 5.95 Å². The Bertz CT molecular complexity index is 1480. The molecule has 0 saturated carbocycles. The number of carbonyl (C=O) groups excluding carboxylic acids is 2. The maximum Gasteiger partial charge on any atom is 0.302 e. The van der Waals surface area contributed by atoms with Gasteiger partial charge in [-0.25, -0.2) is 4.98 Å². The first-order chi connectivity index (χ1) is 16.9. The number of imidazole rings is 1. The smallest absolute Gasteiger partial charge is 0.302 e. The Morgan fingerprint density at radius 3 is 2.51 bits per heavy atom. The highest BCUT2D eigenvalue weighted by Gasteiger charge is 2.50. The monoisotopic (exact) mass is 513 g/mol. The summed E-state index contributed by atoms with van der Waals surface area (Å²) in [5.74, 6) is -1.91. The summed E-state index contributed by atoms with van der Waals surface area (Å²) in [6.07, 6.45) is 1.40. The summed E-state index contributed by atoms with van der Waals surface area (Å²) >= 11 is 12.7. The van der Waals surface area contributed by atoms with Gasteiger partial charge in [-0.15, -0.1) is 0 Å². The summed E-state index contributed by atoms with van der Waals surface area (Å²) in [5, 5.41) is 11.4. The molecule has 1 atom stereocenters. The average Bonchev–Trinajstić information content (AvgIpc) is 3.57. The van der Waals surface area contributed by atoms with Crippen LogP contribution in [0.25, 0.3) is 16.8 Å². The van der Waals surface area contributed by atoms with Gasteiger partial charge in [0, 0.05) is 0 Å². The molecule has 0 radical (unpaired) electrons. The summed E-state index contributed by atoms with van der Waals surface area (Å²) in [7, 11) is 2.71. The van der Waals surface area contributed by atoms with Gasteiger partial charge in [-0.05, 0) is 30.3 Å². The number of hydrogen-bond acceptors (Lipinski definition) is 7. The largest absolute Gasteiger partial charge is 0.507 e. The highest BCUT2D eigenvalue weighted by molar-refractivity contribution is 6.51. The fourth-order valence-corrected chi connectivity index (χ4v) is 4.80. The number of furan rings is 1. The molecule has 1 aliphatic rings. The molecule has 0 spiro atoms. The minimum atomic E-state index is -1.13. The van der Waals surface area contributed by atoms with Crippen molar-refractivity contribution in [2.75, 3.05) is 19.1 Å². The molecule has 178 valence electrons. The van der Waals surface area contributed by atoms with Gasteiger partial charge in [0.25, 0.3) is 5.78 Å². The molecule has 2 N–H and O–H groups in total. The van der Waals surface area contributed by atoms with E-state index in [1.807, 2.05) is 6.07 Å². The second-order valence-corrected chi connectivity index (χ2v) is 8.33. The second-order valence-electron chi connectivity index (χ2n) is 7.55. The molecule has 5 rings (SSSR count). The van der Waals surface area contributed by atoms with E-state index in [1.165, 1.54) is 26.5 Å². The molecular formula is C24H17Cl2N3O6. The number of benzene rings is 2. The van der Waals surface area contributed by atoms with Crippen LogP contribution in [0.4, 0.5) is 5.95 Å². The number of methoxy groups -OCH3 is 2. The predicted octanol–water partition coefficient (Wildman–Crippen LogP) is 5.11. The topological polar surface area (TPSA) is 118 Å². The third-order valence-corrected chi connectivity index (χ3v) is 6.28. The van der Waals surface area contributed by atoms with E-state index in [2.05, 4.69) is 9.97 Å². The summed E-state index contributed by atoms with van der Waals surface area (Å²) < 4.78 is 16.1. The van der Waals surface area contributed by atoms with Gasteiger partial charge in [-0.1, -0.05) is 35.3 Å². The van der Waals surface area contributed by atoms with Crippen molar-refractivity contribution < 1.29 is 28.6 Å². The average molecular weight is 514 g/mol. The number of ether oxygens (including phenoxy) is 2. The summed E-state index contributed by atoms with van der Waals surface area (Å²) in [4.78, 5) is 35.2. The lowest BCUT2D eigenvalue weighted by atomic mass is 9.98. The number of aromatic nitrogens is 2. The lowest BCUT2D eigenvalue weighted by Gasteiger charge is -2.21. The van der Waals surface area contributed by atoms with Crippen LogP contribution in [0, 0.1) is 0 Å². The van der Waals surface area contributed by atoms with Crippen LogP contribution in [-0.4, -0.2) is 41.0 Å². The Labute approximate surface area is 208 Å². The maximum absolute atomic E-state index is 13.3. The molecular weight excluding hydrogens is 497 g/mol. The van der Waals surface area contributed by atoms with Gasteiger partial charge in [-0.3, -0.25) is 14.5 Å². The molecule has 1 aliphatic heterocycles. The van der Waals surface area contributed by atoms with Crippen molar-refractivity contribution in [3.8, 4) is 11.5 Å². The van der Waals surface area contributed by atoms with Crippen LogP contribution < -0.4 is 14.4 Å². The second kappa shape index (κ2) is 8.68. The molecule has 1 amide bonds. The Balaban J connectivity index is 1.76. The SMILES string of the molecule is COc1c(Cl)cc(/C(O)=C2\C(=O)C(=O)N(c3nc4ccccc4[nH]3)C2c2ccco2)c(OC)c1Cl. The molecule has 1 fully saturated rings. The number of aromatic amines is 1. The first-order valence-corrected chi connectivity index (χ1v) is 11.0. The quantitative estimate of drug-likeness (QED) is 0.216. The number of nitrogens with zero attached hydrogens (tertiary/aromatic N) is 2. The zero-order valence-electron chi connectivity index (χ0n) is 18.3. The number of hydrogen-bond donors (Lipinski definition) is 2. The molecule has 11 heteroatoms. The van der Waals surface area contributed by atoms with Crippen molar-refractivity contribution in [2.45, 2.75) is 6.04 Å². The van der Waals surface area contributed by atoms with Gasteiger partial charge in [0.1, 0.15) is 22.6 Å². The number of rotatable bonds is 5. The van der Waals surface area contributed by atoms with Gasteiger partial charge >= 0.3 is 5.91 Å². The summed E-state index contributed by atoms with van der Waals surface area (Å²) in [6.45, 7) is 0. The standard InChI is InChI=1S/C24H17Cl2N3O6/c1-33-21-11(10-12(25)22(34-2)17(21)26)19(30)16-18(15-8-5-9-35-15)29(23(32)20(16)31)24-27-13-6-3-4-7-14(13)28-24/h3-10,18,30H,1-2H3,(H,27,28)/b19-16+. The van der Waals surface area contributed by atoms with Crippen molar-refractivity contribution in [1.29, 1.82) is 0 Å². The number of para-hydroxylation sites is 2. The molecule has 0 aliphatic carbocycles. The van der Waals surface area contributed by atoms with Crippen LogP contribution >= 0.6 is 23.2 Å². The van der Waals surface area contributed by atoms with Crippen molar-refractivity contribution in [2.24, 2.45) is 0 Å². The number of halogens is 2. The maximum atomic E-state index is 13.3. The van der Waals surface area contributed by atoms with Crippen LogP contribution in [0.15, 0.2) is 58.7 Å². The van der Waals surface area contributed by atoms with Crippen molar-refractivity contribution in [3.63, 3.8) is 0 Å². The highest BCUT2D eigenvalue weighted by Crippen LogP contribution is 2.47. The Morgan fingerprint density at radius 2 is 1.86 bits per heavy atom. The normalized spacial score (nSPS) is 17.4. The molecule has 1 unspecified atom stereocenters. The molecule has 3 heterocycles. The lowest BCUT2D eigenvalue weighted by molar-refractivity contribution is -0.132. The molecule has 4 aromatic rings. The molecule has 0 bridgehead atoms. The number of ketones is 1. The number of amides is 1. The van der Waals surface area contributed by atoms with E-state index in [4.69, 9.17) is 37.1 Å². The fraction of sp³-hybridized carbons (Fsp3) is 0.125. The zero-order valence-corrected chi connectivity index (χ0v) is 19.8. The minimum absolute atomic E-state index is 0.00228. The molecule has 2 aromatic heterocycles. The minimum Gasteiger partial charge on any atom is -0.507 e. The van der Waals surface area contributed by atoms with E-state index in [1.54, 1.807) is 30.3 Å². The van der Waals surface area contributed by atoms with Gasteiger partial charge in [0.15, 0.2) is 11.5 Å².